The molecule has 4 heterocycles. The van der Waals surface area contributed by atoms with Crippen molar-refractivity contribution in [1.29, 1.82) is 0 Å². The summed E-state index contributed by atoms with van der Waals surface area (Å²) in [6, 6.07) is 9.98. The number of benzene rings is 1. The number of thiophene rings is 1. The molecular formula is C19H15BrN4OS2. The molecule has 5 nitrogen and oxygen atoms in total. The van der Waals surface area contributed by atoms with E-state index in [2.05, 4.69) is 25.9 Å². The van der Waals surface area contributed by atoms with Crippen molar-refractivity contribution in [3.05, 3.63) is 57.1 Å². The highest BCUT2D eigenvalue weighted by Gasteiger charge is 2.33. The Hall–Kier alpha value is -2.03. The van der Waals surface area contributed by atoms with Gasteiger partial charge in [0.2, 0.25) is 0 Å². The predicted molar refractivity (Wildman–Crippen MR) is 112 cm³/mol. The Morgan fingerprint density at radius 3 is 2.93 bits per heavy atom. The average Bonchev–Trinajstić information content (AvgIpc) is 3.44. The first-order chi connectivity index (χ1) is 13.2. The second-order valence-electron chi connectivity index (χ2n) is 6.46. The molecule has 0 radical (unpaired) electrons. The van der Waals surface area contributed by atoms with Crippen molar-refractivity contribution < 1.29 is 4.79 Å². The summed E-state index contributed by atoms with van der Waals surface area (Å²) in [5.41, 5.74) is 2.46. The maximum atomic E-state index is 13.1. The first-order valence-corrected chi connectivity index (χ1v) is 11.2. The molecule has 5 rings (SSSR count). The molecule has 0 aliphatic carbocycles. The standard InChI is InChI=1S/C19H15BrN4OS2/c20-11-8-16(26-9-11)18-23-14(10-27-18)19(25)24-7-3-6-15(24)17-21-12-4-1-2-5-13(12)22-17/h1-2,4-5,8-10,15H,3,6-7H2,(H,21,22). The Balaban J connectivity index is 1.43. The lowest BCUT2D eigenvalue weighted by Gasteiger charge is -2.22. The lowest BCUT2D eigenvalue weighted by molar-refractivity contribution is 0.0725. The fraction of sp³-hybridized carbons (Fsp3) is 0.211. The molecule has 136 valence electrons. The van der Waals surface area contributed by atoms with Gasteiger partial charge in [-0.1, -0.05) is 12.1 Å². The number of thiazole rings is 1. The van der Waals surface area contributed by atoms with E-state index in [9.17, 15) is 4.79 Å². The van der Waals surface area contributed by atoms with Crippen LogP contribution in [-0.4, -0.2) is 32.3 Å². The number of aromatic nitrogens is 3. The van der Waals surface area contributed by atoms with Crippen LogP contribution >= 0.6 is 38.6 Å². The molecule has 1 aliphatic heterocycles. The van der Waals surface area contributed by atoms with E-state index in [1.807, 2.05) is 46.0 Å². The van der Waals surface area contributed by atoms with Crippen LogP contribution in [0.4, 0.5) is 0 Å². The number of H-pyrrole nitrogens is 1. The number of aromatic amines is 1. The molecule has 8 heteroatoms. The summed E-state index contributed by atoms with van der Waals surface area (Å²) in [6.45, 7) is 0.734. The van der Waals surface area contributed by atoms with E-state index in [1.165, 1.54) is 11.3 Å². The fourth-order valence-corrected chi connectivity index (χ4v) is 5.78. The number of halogens is 1. The molecule has 1 unspecified atom stereocenters. The SMILES string of the molecule is O=C(c1csc(-c2cc(Br)cs2)n1)N1CCCC1c1nc2ccccc2[nH]1. The van der Waals surface area contributed by atoms with Crippen molar-refractivity contribution in [1.82, 2.24) is 19.9 Å². The van der Waals surface area contributed by atoms with Gasteiger partial charge in [-0.3, -0.25) is 4.79 Å². The summed E-state index contributed by atoms with van der Waals surface area (Å²) >= 11 is 6.60. The number of carbonyl (C=O) groups excluding carboxylic acids is 1. The summed E-state index contributed by atoms with van der Waals surface area (Å²) in [5, 5.41) is 4.77. The number of nitrogens with zero attached hydrogens (tertiary/aromatic N) is 3. The van der Waals surface area contributed by atoms with Crippen molar-refractivity contribution in [3.63, 3.8) is 0 Å². The quantitative estimate of drug-likeness (QED) is 0.441. The normalized spacial score (nSPS) is 17.1. The smallest absolute Gasteiger partial charge is 0.273 e. The molecule has 1 atom stereocenters. The monoisotopic (exact) mass is 458 g/mol. The first kappa shape index (κ1) is 17.1. The van der Waals surface area contributed by atoms with Gasteiger partial charge in [0.1, 0.15) is 16.5 Å². The minimum Gasteiger partial charge on any atom is -0.340 e. The molecule has 1 aromatic carbocycles. The van der Waals surface area contributed by atoms with Gasteiger partial charge < -0.3 is 9.88 Å². The van der Waals surface area contributed by atoms with Gasteiger partial charge in [-0.15, -0.1) is 22.7 Å². The molecule has 1 amide bonds. The molecule has 1 N–H and O–H groups in total. The average molecular weight is 459 g/mol. The number of nitrogens with one attached hydrogen (secondary N) is 1. The molecule has 27 heavy (non-hydrogen) atoms. The molecule has 0 saturated carbocycles. The number of hydrogen-bond donors (Lipinski definition) is 1. The zero-order valence-electron chi connectivity index (χ0n) is 14.2. The molecule has 0 bridgehead atoms. The summed E-state index contributed by atoms with van der Waals surface area (Å²) < 4.78 is 1.04. The van der Waals surface area contributed by atoms with Crippen LogP contribution in [0.5, 0.6) is 0 Å². The van der Waals surface area contributed by atoms with Crippen molar-refractivity contribution >= 4 is 55.5 Å². The van der Waals surface area contributed by atoms with E-state index in [0.717, 1.165) is 50.6 Å². The zero-order chi connectivity index (χ0) is 18.4. The number of rotatable bonds is 3. The molecule has 0 spiro atoms. The second kappa shape index (κ2) is 6.85. The van der Waals surface area contributed by atoms with Gasteiger partial charge in [-0.25, -0.2) is 9.97 Å². The molecule has 1 fully saturated rings. The molecule has 3 aromatic heterocycles. The number of carbonyl (C=O) groups is 1. The van der Waals surface area contributed by atoms with Crippen LogP contribution in [-0.2, 0) is 0 Å². The van der Waals surface area contributed by atoms with E-state index in [0.29, 0.717) is 5.69 Å². The Morgan fingerprint density at radius 2 is 2.11 bits per heavy atom. The van der Waals surface area contributed by atoms with Gasteiger partial charge in [0.05, 0.1) is 22.0 Å². The van der Waals surface area contributed by atoms with Gasteiger partial charge >= 0.3 is 0 Å². The predicted octanol–water partition coefficient (Wildman–Crippen LogP) is 5.49. The lowest BCUT2D eigenvalue weighted by atomic mass is 10.2. The highest BCUT2D eigenvalue weighted by atomic mass is 79.9. The molecule has 4 aromatic rings. The van der Waals surface area contributed by atoms with Crippen LogP contribution < -0.4 is 0 Å². The highest BCUT2D eigenvalue weighted by molar-refractivity contribution is 9.10. The van der Waals surface area contributed by atoms with Gasteiger partial charge in [0.25, 0.3) is 5.91 Å². The van der Waals surface area contributed by atoms with E-state index < -0.39 is 0 Å². The van der Waals surface area contributed by atoms with Crippen LogP contribution in [0.25, 0.3) is 20.9 Å². The van der Waals surface area contributed by atoms with Crippen LogP contribution in [0.1, 0.15) is 35.2 Å². The van der Waals surface area contributed by atoms with Gasteiger partial charge in [0.15, 0.2) is 0 Å². The maximum Gasteiger partial charge on any atom is 0.273 e. The Bertz CT molecular complexity index is 1100. The van der Waals surface area contributed by atoms with Crippen molar-refractivity contribution in [2.45, 2.75) is 18.9 Å². The topological polar surface area (TPSA) is 61.9 Å². The van der Waals surface area contributed by atoms with Gasteiger partial charge in [-0.2, -0.15) is 0 Å². The number of likely N-dealkylation sites (tertiary alicyclic amines) is 1. The Labute approximate surface area is 172 Å². The van der Waals surface area contributed by atoms with Gasteiger partial charge in [0, 0.05) is 21.8 Å². The third-order valence-corrected chi connectivity index (χ3v) is 7.44. The maximum absolute atomic E-state index is 13.1. The number of fused-ring (bicyclic) bond motifs is 1. The van der Waals surface area contributed by atoms with Crippen molar-refractivity contribution in [2.24, 2.45) is 0 Å². The number of para-hydroxylation sites is 2. The number of amides is 1. The third kappa shape index (κ3) is 3.11. The molecule has 1 saturated heterocycles. The summed E-state index contributed by atoms with van der Waals surface area (Å²) in [7, 11) is 0. The fourth-order valence-electron chi connectivity index (χ4n) is 3.48. The number of imidazole rings is 1. The molecule has 1 aliphatic rings. The summed E-state index contributed by atoms with van der Waals surface area (Å²) in [5.74, 6) is 0.843. The van der Waals surface area contributed by atoms with E-state index in [1.54, 1.807) is 11.3 Å². The zero-order valence-corrected chi connectivity index (χ0v) is 17.4. The number of hydrogen-bond acceptors (Lipinski definition) is 5. The van der Waals surface area contributed by atoms with E-state index in [4.69, 9.17) is 4.98 Å². The second-order valence-corrected chi connectivity index (χ2v) is 9.15. The minimum absolute atomic E-state index is 0.0175. The minimum atomic E-state index is -0.0223. The first-order valence-electron chi connectivity index (χ1n) is 8.64. The van der Waals surface area contributed by atoms with Crippen LogP contribution in [0.2, 0.25) is 0 Å². The largest absolute Gasteiger partial charge is 0.340 e. The summed E-state index contributed by atoms with van der Waals surface area (Å²) in [6.07, 6.45) is 1.89. The van der Waals surface area contributed by atoms with E-state index >= 15 is 0 Å². The van der Waals surface area contributed by atoms with E-state index in [-0.39, 0.29) is 11.9 Å². The highest BCUT2D eigenvalue weighted by Crippen LogP contribution is 2.35. The van der Waals surface area contributed by atoms with Gasteiger partial charge in [-0.05, 0) is 47.0 Å². The molecular weight excluding hydrogens is 444 g/mol. The van der Waals surface area contributed by atoms with Crippen LogP contribution in [0.15, 0.2) is 45.6 Å². The van der Waals surface area contributed by atoms with Crippen LogP contribution in [0.3, 0.4) is 0 Å². The summed E-state index contributed by atoms with van der Waals surface area (Å²) in [4.78, 5) is 28.8. The third-order valence-electron chi connectivity index (χ3n) is 4.74. The Morgan fingerprint density at radius 1 is 1.22 bits per heavy atom. The Kier molecular flexibility index (Phi) is 4.34. The van der Waals surface area contributed by atoms with Crippen molar-refractivity contribution in [3.8, 4) is 9.88 Å². The van der Waals surface area contributed by atoms with Crippen LogP contribution in [0, 0.1) is 0 Å². The lowest BCUT2D eigenvalue weighted by Crippen LogP contribution is -2.31. The van der Waals surface area contributed by atoms with Crippen molar-refractivity contribution in [2.75, 3.05) is 6.54 Å².